The molecule has 2 aromatic heterocycles. The first-order valence-electron chi connectivity index (χ1n) is 9.37. The van der Waals surface area contributed by atoms with Crippen LogP contribution in [0.5, 0.6) is 5.75 Å². The van der Waals surface area contributed by atoms with E-state index in [1.165, 1.54) is 6.20 Å². The number of halogens is 1. The molecule has 31 heavy (non-hydrogen) atoms. The molecule has 2 heterocycles. The van der Waals surface area contributed by atoms with Gasteiger partial charge in [-0.25, -0.2) is 9.97 Å². The van der Waals surface area contributed by atoms with Gasteiger partial charge in [-0.1, -0.05) is 17.7 Å². The topological polar surface area (TPSA) is 125 Å². The molecule has 1 aromatic carbocycles. The summed E-state index contributed by atoms with van der Waals surface area (Å²) in [6, 6.07) is 7.05. The fraction of sp³-hybridized carbons (Fsp3) is 0.250. The van der Waals surface area contributed by atoms with Crippen molar-refractivity contribution in [3.05, 3.63) is 64.8 Å². The van der Waals surface area contributed by atoms with Crippen LogP contribution in [0.1, 0.15) is 28.7 Å². The SMILES string of the molecule is CC[S+]([O-])c1ncc(C(=O)NCc2ncccn2)c(NCc2ccc(OC)c(Cl)c2)n1. The highest BCUT2D eigenvalue weighted by molar-refractivity contribution is 7.91. The number of ether oxygens (including phenoxy) is 1. The molecular formula is C20H21ClN6O3S. The van der Waals surface area contributed by atoms with Crippen LogP contribution < -0.4 is 15.4 Å². The van der Waals surface area contributed by atoms with E-state index in [-0.39, 0.29) is 23.1 Å². The molecule has 0 aliphatic rings. The van der Waals surface area contributed by atoms with Crippen LogP contribution in [0.15, 0.2) is 48.0 Å². The second-order valence-electron chi connectivity index (χ2n) is 6.22. The van der Waals surface area contributed by atoms with E-state index in [0.717, 1.165) is 5.56 Å². The lowest BCUT2D eigenvalue weighted by molar-refractivity contribution is 0.0949. The molecule has 0 saturated carbocycles. The molecule has 0 fully saturated rings. The Morgan fingerprint density at radius 2 is 2.00 bits per heavy atom. The molecule has 1 amide bonds. The van der Waals surface area contributed by atoms with Gasteiger partial charge in [0.05, 0.1) is 24.9 Å². The first-order valence-corrected chi connectivity index (χ1v) is 11.1. The molecule has 0 aliphatic carbocycles. The smallest absolute Gasteiger partial charge is 0.344 e. The Hall–Kier alpha value is -2.95. The molecule has 1 unspecified atom stereocenters. The van der Waals surface area contributed by atoms with Crippen molar-refractivity contribution in [3.8, 4) is 5.75 Å². The molecule has 0 spiro atoms. The highest BCUT2D eigenvalue weighted by Gasteiger charge is 2.20. The number of nitrogens with one attached hydrogen (secondary N) is 2. The number of nitrogens with zero attached hydrogens (tertiary/aromatic N) is 4. The van der Waals surface area contributed by atoms with Crippen molar-refractivity contribution in [2.45, 2.75) is 25.2 Å². The minimum atomic E-state index is -1.36. The number of carbonyl (C=O) groups excluding carboxylic acids is 1. The van der Waals surface area contributed by atoms with Crippen LogP contribution >= 0.6 is 11.6 Å². The molecule has 0 radical (unpaired) electrons. The average Bonchev–Trinajstić information content (AvgIpc) is 2.81. The minimum Gasteiger partial charge on any atom is -0.609 e. The number of hydrogen-bond acceptors (Lipinski definition) is 8. The molecule has 0 aliphatic heterocycles. The molecule has 3 aromatic rings. The first-order chi connectivity index (χ1) is 15.0. The van der Waals surface area contributed by atoms with Gasteiger partial charge < -0.3 is 19.9 Å². The molecule has 11 heteroatoms. The van der Waals surface area contributed by atoms with Gasteiger partial charge >= 0.3 is 5.16 Å². The molecule has 9 nitrogen and oxygen atoms in total. The lowest BCUT2D eigenvalue weighted by atomic mass is 10.2. The normalized spacial score (nSPS) is 11.6. The van der Waals surface area contributed by atoms with E-state index in [1.54, 1.807) is 44.6 Å². The molecule has 1 atom stereocenters. The van der Waals surface area contributed by atoms with Gasteiger partial charge in [0.2, 0.25) is 0 Å². The zero-order chi connectivity index (χ0) is 22.2. The number of carbonyl (C=O) groups is 1. The van der Waals surface area contributed by atoms with Crippen molar-refractivity contribution in [3.63, 3.8) is 0 Å². The second-order valence-corrected chi connectivity index (χ2v) is 8.26. The van der Waals surface area contributed by atoms with Gasteiger partial charge in [0.25, 0.3) is 5.91 Å². The van der Waals surface area contributed by atoms with Crippen molar-refractivity contribution in [2.24, 2.45) is 0 Å². The standard InChI is InChI=1S/C20H21ClN6O3S/c1-3-31(29)20-26-11-14(19(28)25-12-17-22-7-4-8-23-17)18(27-20)24-10-13-5-6-16(30-2)15(21)9-13/h4-9,11H,3,10,12H2,1-2H3,(H,25,28)(H,24,26,27). The monoisotopic (exact) mass is 460 g/mol. The summed E-state index contributed by atoms with van der Waals surface area (Å²) in [5.41, 5.74) is 1.07. The third-order valence-electron chi connectivity index (χ3n) is 4.18. The number of rotatable bonds is 9. The highest BCUT2D eigenvalue weighted by atomic mass is 35.5. The lowest BCUT2D eigenvalue weighted by Gasteiger charge is -2.13. The van der Waals surface area contributed by atoms with Gasteiger partial charge in [-0.3, -0.25) is 4.79 Å². The number of methoxy groups -OCH3 is 1. The maximum atomic E-state index is 12.7. The number of anilines is 1. The summed E-state index contributed by atoms with van der Waals surface area (Å²) in [5.74, 6) is 1.27. The van der Waals surface area contributed by atoms with Gasteiger partial charge in [0.1, 0.15) is 28.7 Å². The van der Waals surface area contributed by atoms with E-state index in [1.807, 2.05) is 6.07 Å². The Balaban J connectivity index is 1.79. The summed E-state index contributed by atoms with van der Waals surface area (Å²) in [6.07, 6.45) is 4.55. The molecular weight excluding hydrogens is 440 g/mol. The summed E-state index contributed by atoms with van der Waals surface area (Å²) in [7, 11) is 1.54. The van der Waals surface area contributed by atoms with Crippen molar-refractivity contribution >= 4 is 34.5 Å². The largest absolute Gasteiger partial charge is 0.609 e. The predicted octanol–water partition coefficient (Wildman–Crippen LogP) is 2.60. The number of amides is 1. The van der Waals surface area contributed by atoms with Crippen LogP contribution in [-0.4, -0.2) is 43.3 Å². The van der Waals surface area contributed by atoms with Crippen LogP contribution in [-0.2, 0) is 24.3 Å². The average molecular weight is 461 g/mol. The maximum absolute atomic E-state index is 12.7. The van der Waals surface area contributed by atoms with Crippen molar-refractivity contribution in [2.75, 3.05) is 18.2 Å². The molecule has 0 saturated heterocycles. The second kappa shape index (κ2) is 10.9. The minimum absolute atomic E-state index is 0.149. The van der Waals surface area contributed by atoms with E-state index in [0.29, 0.717) is 28.9 Å². The predicted molar refractivity (Wildman–Crippen MR) is 118 cm³/mol. The first kappa shape index (κ1) is 22.7. The van der Waals surface area contributed by atoms with Crippen LogP contribution in [0.3, 0.4) is 0 Å². The number of benzene rings is 1. The molecule has 2 N–H and O–H groups in total. The van der Waals surface area contributed by atoms with E-state index in [4.69, 9.17) is 16.3 Å². The van der Waals surface area contributed by atoms with E-state index in [9.17, 15) is 9.35 Å². The Labute approximate surface area is 187 Å². The Morgan fingerprint density at radius 3 is 2.68 bits per heavy atom. The lowest BCUT2D eigenvalue weighted by Crippen LogP contribution is -2.26. The van der Waals surface area contributed by atoms with Crippen molar-refractivity contribution < 1.29 is 14.1 Å². The fourth-order valence-corrected chi connectivity index (χ4v) is 3.49. The Morgan fingerprint density at radius 1 is 1.23 bits per heavy atom. The summed E-state index contributed by atoms with van der Waals surface area (Å²) in [6.45, 7) is 2.25. The van der Waals surface area contributed by atoms with Gasteiger partial charge in [-0.2, -0.15) is 9.97 Å². The number of aromatic nitrogens is 4. The summed E-state index contributed by atoms with van der Waals surface area (Å²) in [5, 5.41) is 6.48. The van der Waals surface area contributed by atoms with E-state index in [2.05, 4.69) is 30.6 Å². The van der Waals surface area contributed by atoms with E-state index < -0.39 is 17.1 Å². The van der Waals surface area contributed by atoms with Crippen LogP contribution in [0.2, 0.25) is 5.02 Å². The quantitative estimate of drug-likeness (QED) is 0.368. The third-order valence-corrected chi connectivity index (χ3v) is 5.60. The van der Waals surface area contributed by atoms with Gasteiger partial charge in [-0.15, -0.1) is 0 Å². The number of hydrogen-bond donors (Lipinski definition) is 2. The molecule has 162 valence electrons. The van der Waals surface area contributed by atoms with Crippen LogP contribution in [0.25, 0.3) is 0 Å². The summed E-state index contributed by atoms with van der Waals surface area (Å²) in [4.78, 5) is 29.3. The molecule has 0 bridgehead atoms. The van der Waals surface area contributed by atoms with Gasteiger partial charge in [0.15, 0.2) is 0 Å². The highest BCUT2D eigenvalue weighted by Crippen LogP contribution is 2.25. The summed E-state index contributed by atoms with van der Waals surface area (Å²) < 4.78 is 17.3. The molecule has 3 rings (SSSR count). The van der Waals surface area contributed by atoms with Crippen molar-refractivity contribution in [1.29, 1.82) is 0 Å². The fourth-order valence-electron chi connectivity index (χ4n) is 2.59. The van der Waals surface area contributed by atoms with Crippen LogP contribution in [0.4, 0.5) is 5.82 Å². The maximum Gasteiger partial charge on any atom is 0.344 e. The summed E-state index contributed by atoms with van der Waals surface area (Å²) >= 11 is 4.82. The Bertz CT molecular complexity index is 1040. The van der Waals surface area contributed by atoms with E-state index >= 15 is 0 Å². The third kappa shape index (κ3) is 6.03. The van der Waals surface area contributed by atoms with Crippen molar-refractivity contribution in [1.82, 2.24) is 25.3 Å². The van der Waals surface area contributed by atoms with Crippen LogP contribution in [0, 0.1) is 0 Å². The van der Waals surface area contributed by atoms with Gasteiger partial charge in [0, 0.05) is 30.1 Å². The van der Waals surface area contributed by atoms with Gasteiger partial charge in [-0.05, 0) is 30.7 Å². The zero-order valence-corrected chi connectivity index (χ0v) is 18.5. The Kier molecular flexibility index (Phi) is 7.99. The zero-order valence-electron chi connectivity index (χ0n) is 17.0.